The molecule has 0 bridgehead atoms. The maximum atomic E-state index is 14.5. The summed E-state index contributed by atoms with van der Waals surface area (Å²) in [7, 11) is -2.78. The third-order valence-corrected chi connectivity index (χ3v) is 10.1. The number of halogens is 2. The van der Waals surface area contributed by atoms with Gasteiger partial charge in [0.05, 0.1) is 17.7 Å². The van der Waals surface area contributed by atoms with Gasteiger partial charge in [-0.25, -0.2) is 8.42 Å². The molecule has 0 spiro atoms. The number of rotatable bonds is 14. The van der Waals surface area contributed by atoms with Crippen molar-refractivity contribution < 1.29 is 22.7 Å². The van der Waals surface area contributed by atoms with Crippen molar-refractivity contribution in [3.8, 4) is 5.75 Å². The number of sulfonamides is 1. The fourth-order valence-electron chi connectivity index (χ4n) is 4.86. The van der Waals surface area contributed by atoms with Crippen LogP contribution in [0.4, 0.5) is 5.69 Å². The Kier molecular flexibility index (Phi) is 12.3. The second-order valence-corrected chi connectivity index (χ2v) is 14.1. The number of nitrogens with zero attached hydrogens (tertiary/aromatic N) is 2. The molecule has 0 aliphatic carbocycles. The van der Waals surface area contributed by atoms with Crippen LogP contribution in [0.1, 0.15) is 31.4 Å². The van der Waals surface area contributed by atoms with Gasteiger partial charge in [-0.2, -0.15) is 0 Å². The zero-order chi connectivity index (χ0) is 33.3. The quantitative estimate of drug-likeness (QED) is 0.153. The van der Waals surface area contributed by atoms with E-state index in [9.17, 15) is 18.0 Å². The zero-order valence-corrected chi connectivity index (χ0v) is 29.1. The smallest absolute Gasteiger partial charge is 0.264 e. The van der Waals surface area contributed by atoms with Crippen LogP contribution in [0, 0.1) is 0 Å². The van der Waals surface area contributed by atoms with Crippen molar-refractivity contribution in [2.24, 2.45) is 0 Å². The number of nitrogens with one attached hydrogen (secondary N) is 1. The first-order valence-electron chi connectivity index (χ1n) is 14.8. The molecule has 242 valence electrons. The summed E-state index contributed by atoms with van der Waals surface area (Å²) in [5.41, 5.74) is 1.84. The van der Waals surface area contributed by atoms with Crippen molar-refractivity contribution in [1.29, 1.82) is 0 Å². The second kappa shape index (κ2) is 16.1. The minimum Gasteiger partial charge on any atom is -0.497 e. The molecule has 2 atom stereocenters. The summed E-state index contributed by atoms with van der Waals surface area (Å²) in [6, 6.07) is 28.1. The van der Waals surface area contributed by atoms with Gasteiger partial charge in [0.15, 0.2) is 0 Å². The number of hydrogen-bond acceptors (Lipinski definition) is 5. The lowest BCUT2D eigenvalue weighted by atomic mass is 10.0. The monoisotopic (exact) mass is 725 g/mol. The van der Waals surface area contributed by atoms with Gasteiger partial charge in [0, 0.05) is 28.5 Å². The molecule has 0 unspecified atom stereocenters. The van der Waals surface area contributed by atoms with Gasteiger partial charge in [-0.3, -0.25) is 13.9 Å². The molecule has 0 aliphatic rings. The van der Waals surface area contributed by atoms with Gasteiger partial charge in [0.25, 0.3) is 10.0 Å². The lowest BCUT2D eigenvalue weighted by Gasteiger charge is -2.34. The predicted molar refractivity (Wildman–Crippen MR) is 185 cm³/mol. The van der Waals surface area contributed by atoms with Crippen molar-refractivity contribution in [3.63, 3.8) is 0 Å². The van der Waals surface area contributed by atoms with Crippen molar-refractivity contribution in [3.05, 3.63) is 124 Å². The predicted octanol–water partition coefficient (Wildman–Crippen LogP) is 6.86. The van der Waals surface area contributed by atoms with E-state index in [1.807, 2.05) is 68.4 Å². The maximum absolute atomic E-state index is 14.5. The van der Waals surface area contributed by atoms with E-state index in [0.717, 1.165) is 19.9 Å². The lowest BCUT2D eigenvalue weighted by molar-refractivity contribution is -0.140. The highest BCUT2D eigenvalue weighted by Crippen LogP contribution is 2.28. The molecule has 1 N–H and O–H groups in total. The molecule has 0 heterocycles. The first-order valence-corrected chi connectivity index (χ1v) is 17.4. The third kappa shape index (κ3) is 9.11. The first kappa shape index (κ1) is 35.0. The molecule has 0 saturated carbocycles. The highest BCUT2D eigenvalue weighted by atomic mass is 79.9. The van der Waals surface area contributed by atoms with Crippen LogP contribution in [-0.2, 0) is 32.6 Å². The van der Waals surface area contributed by atoms with Crippen LogP contribution >= 0.6 is 27.5 Å². The van der Waals surface area contributed by atoms with E-state index in [1.165, 1.54) is 30.2 Å². The SMILES string of the molecule is CC[C@H](C)NC(=O)[C@@H](Cc1ccccc1)N(Cc1cccc(Br)c1)C(=O)CN(c1cccc(Cl)c1)S(=O)(=O)c1ccc(OC)cc1. The number of anilines is 1. The molecule has 4 aromatic rings. The van der Waals surface area contributed by atoms with E-state index in [2.05, 4.69) is 21.2 Å². The van der Waals surface area contributed by atoms with Crippen LogP contribution in [0.25, 0.3) is 0 Å². The summed E-state index contributed by atoms with van der Waals surface area (Å²) in [6.07, 6.45) is 0.928. The summed E-state index contributed by atoms with van der Waals surface area (Å²) in [6.45, 7) is 3.36. The molecule has 0 fully saturated rings. The Balaban J connectivity index is 1.81. The first-order chi connectivity index (χ1) is 22.0. The highest BCUT2D eigenvalue weighted by molar-refractivity contribution is 9.10. The van der Waals surface area contributed by atoms with Crippen molar-refractivity contribution in [2.45, 2.75) is 50.2 Å². The van der Waals surface area contributed by atoms with Crippen molar-refractivity contribution in [1.82, 2.24) is 10.2 Å². The van der Waals surface area contributed by atoms with Gasteiger partial charge < -0.3 is 15.0 Å². The molecule has 0 aliphatic heterocycles. The van der Waals surface area contributed by atoms with Crippen LogP contribution in [0.2, 0.25) is 5.02 Å². The average molecular weight is 727 g/mol. The molecular formula is C35H37BrClN3O5S. The van der Waals surface area contributed by atoms with E-state index in [-0.39, 0.29) is 35.5 Å². The molecule has 11 heteroatoms. The van der Waals surface area contributed by atoms with Crippen LogP contribution < -0.4 is 14.4 Å². The Morgan fingerprint density at radius 2 is 1.59 bits per heavy atom. The lowest BCUT2D eigenvalue weighted by Crippen LogP contribution is -2.54. The Hall–Kier alpha value is -3.86. The molecule has 4 rings (SSSR count). The van der Waals surface area contributed by atoms with Crippen LogP contribution in [0.15, 0.2) is 112 Å². The summed E-state index contributed by atoms with van der Waals surface area (Å²) in [5.74, 6) is -0.397. The third-order valence-electron chi connectivity index (χ3n) is 7.54. The fourth-order valence-corrected chi connectivity index (χ4v) is 6.90. The van der Waals surface area contributed by atoms with E-state index in [1.54, 1.807) is 30.3 Å². The standard InChI is InChI=1S/C35H37BrClN3O5S/c1-4-25(2)38-35(42)33(21-26-10-6-5-7-11-26)39(23-27-12-8-13-28(36)20-27)34(41)24-40(30-15-9-14-29(37)22-30)46(43,44)32-18-16-31(45-3)17-19-32/h5-20,22,25,33H,4,21,23-24H2,1-3H3,(H,38,42)/t25-,33+/m0/s1. The Bertz CT molecular complexity index is 1740. The Morgan fingerprint density at radius 1 is 0.913 bits per heavy atom. The number of methoxy groups -OCH3 is 1. The van der Waals surface area contributed by atoms with Crippen molar-refractivity contribution >= 4 is 55.1 Å². The molecule has 8 nitrogen and oxygen atoms in total. The number of carbonyl (C=O) groups is 2. The highest BCUT2D eigenvalue weighted by Gasteiger charge is 2.35. The van der Waals surface area contributed by atoms with E-state index in [0.29, 0.717) is 17.2 Å². The minimum absolute atomic E-state index is 0.0324. The largest absolute Gasteiger partial charge is 0.497 e. The molecule has 2 amide bonds. The second-order valence-electron chi connectivity index (χ2n) is 10.8. The summed E-state index contributed by atoms with van der Waals surface area (Å²) >= 11 is 9.80. The maximum Gasteiger partial charge on any atom is 0.264 e. The summed E-state index contributed by atoms with van der Waals surface area (Å²) < 4.78 is 35.4. The topological polar surface area (TPSA) is 96.0 Å². The van der Waals surface area contributed by atoms with Crippen molar-refractivity contribution in [2.75, 3.05) is 18.0 Å². The van der Waals surface area contributed by atoms with Gasteiger partial charge in [-0.05, 0) is 79.1 Å². The molecule has 4 aromatic carbocycles. The van der Waals surface area contributed by atoms with Crippen LogP contribution in [-0.4, -0.2) is 50.9 Å². The van der Waals surface area contributed by atoms with E-state index >= 15 is 0 Å². The van der Waals surface area contributed by atoms with Gasteiger partial charge in [0.1, 0.15) is 18.3 Å². The fraction of sp³-hybridized carbons (Fsp3) is 0.257. The van der Waals surface area contributed by atoms with Gasteiger partial charge in [-0.1, -0.05) is 83.0 Å². The zero-order valence-electron chi connectivity index (χ0n) is 25.9. The summed E-state index contributed by atoms with van der Waals surface area (Å²) in [5, 5.41) is 3.34. The number of carbonyl (C=O) groups excluding carboxylic acids is 2. The average Bonchev–Trinajstić information content (AvgIpc) is 3.05. The van der Waals surface area contributed by atoms with Gasteiger partial charge >= 0.3 is 0 Å². The number of hydrogen-bond donors (Lipinski definition) is 1. The number of ether oxygens (including phenoxy) is 1. The van der Waals surface area contributed by atoms with Gasteiger partial charge in [0.2, 0.25) is 11.8 Å². The molecule has 0 radical (unpaired) electrons. The number of benzene rings is 4. The number of amides is 2. The normalized spacial score (nSPS) is 12.5. The molecular weight excluding hydrogens is 690 g/mol. The molecule has 0 aromatic heterocycles. The van der Waals surface area contributed by atoms with Gasteiger partial charge in [-0.15, -0.1) is 0 Å². The van der Waals surface area contributed by atoms with E-state index < -0.39 is 28.5 Å². The summed E-state index contributed by atoms with van der Waals surface area (Å²) in [4.78, 5) is 29.9. The van der Waals surface area contributed by atoms with Crippen LogP contribution in [0.5, 0.6) is 5.75 Å². The molecule has 0 saturated heterocycles. The molecule has 46 heavy (non-hydrogen) atoms. The van der Waals surface area contributed by atoms with Crippen LogP contribution in [0.3, 0.4) is 0 Å². The van der Waals surface area contributed by atoms with E-state index in [4.69, 9.17) is 16.3 Å². The minimum atomic E-state index is -4.27. The Morgan fingerprint density at radius 3 is 2.22 bits per heavy atom. The Labute approximate surface area is 284 Å².